The molecule has 0 saturated heterocycles. The molecular weight excluding hydrogens is 434 g/mol. The fourth-order valence-corrected chi connectivity index (χ4v) is 4.92. The Morgan fingerprint density at radius 1 is 1.04 bits per heavy atom. The second-order valence-electron chi connectivity index (χ2n) is 7.02. The van der Waals surface area contributed by atoms with Gasteiger partial charge in [0.1, 0.15) is 5.78 Å². The van der Waals surface area contributed by atoms with E-state index in [0.29, 0.717) is 12.2 Å². The van der Waals surface area contributed by atoms with Gasteiger partial charge in [-0.1, -0.05) is 76.6 Å². The van der Waals surface area contributed by atoms with E-state index in [1.165, 1.54) is 5.56 Å². The Hall–Kier alpha value is -1.92. The first-order valence-electron chi connectivity index (χ1n) is 9.63. The van der Waals surface area contributed by atoms with Crippen molar-refractivity contribution < 1.29 is 4.79 Å². The van der Waals surface area contributed by atoms with E-state index in [4.69, 9.17) is 0 Å². The van der Waals surface area contributed by atoms with E-state index in [-0.39, 0.29) is 5.25 Å². The highest BCUT2D eigenvalue weighted by atomic mass is 79.9. The smallest absolute Gasteiger partial charge is 0.192 e. The largest absolute Gasteiger partial charge is 0.302 e. The number of thioether (sulfide) groups is 1. The molecule has 6 heteroatoms. The van der Waals surface area contributed by atoms with E-state index in [1.807, 2.05) is 30.3 Å². The minimum absolute atomic E-state index is 0.00573. The van der Waals surface area contributed by atoms with Gasteiger partial charge in [-0.05, 0) is 37.0 Å². The topological polar surface area (TPSA) is 47.8 Å². The van der Waals surface area contributed by atoms with E-state index < -0.39 is 0 Å². The van der Waals surface area contributed by atoms with Crippen molar-refractivity contribution in [2.45, 2.75) is 49.1 Å². The summed E-state index contributed by atoms with van der Waals surface area (Å²) in [5.41, 5.74) is 2.31. The highest BCUT2D eigenvalue weighted by Crippen LogP contribution is 2.33. The molecule has 4 rings (SSSR count). The van der Waals surface area contributed by atoms with Crippen molar-refractivity contribution in [2.24, 2.45) is 0 Å². The fourth-order valence-electron chi connectivity index (χ4n) is 3.48. The lowest BCUT2D eigenvalue weighted by atomic mass is 9.99. The molecule has 1 aliphatic rings. The Morgan fingerprint density at radius 2 is 1.82 bits per heavy atom. The van der Waals surface area contributed by atoms with E-state index in [1.54, 1.807) is 11.8 Å². The number of carbonyl (C=O) groups excluding carboxylic acids is 1. The molecule has 1 heterocycles. The fraction of sp³-hybridized carbons (Fsp3) is 0.318. The number of nitrogens with zero attached hydrogens (tertiary/aromatic N) is 3. The van der Waals surface area contributed by atoms with Crippen LogP contribution in [0.5, 0.6) is 0 Å². The summed E-state index contributed by atoms with van der Waals surface area (Å²) in [6.07, 6.45) is 4.65. The summed E-state index contributed by atoms with van der Waals surface area (Å²) in [6.45, 7) is 0.783. The normalized spacial score (nSPS) is 17.0. The number of aromatic nitrogens is 3. The van der Waals surface area contributed by atoms with Crippen LogP contribution >= 0.6 is 27.7 Å². The third-order valence-electron chi connectivity index (χ3n) is 5.03. The molecule has 1 aliphatic carbocycles. The molecule has 1 fully saturated rings. The molecule has 1 atom stereocenters. The van der Waals surface area contributed by atoms with Crippen LogP contribution < -0.4 is 0 Å². The maximum absolute atomic E-state index is 12.3. The van der Waals surface area contributed by atoms with Crippen molar-refractivity contribution in [1.29, 1.82) is 0 Å². The lowest BCUT2D eigenvalue weighted by molar-refractivity contribution is -0.119. The van der Waals surface area contributed by atoms with Crippen LogP contribution in [0.15, 0.2) is 64.2 Å². The summed E-state index contributed by atoms with van der Waals surface area (Å²) in [5, 5.41) is 9.80. The molecule has 28 heavy (non-hydrogen) atoms. The molecule has 1 saturated carbocycles. The van der Waals surface area contributed by atoms with Crippen LogP contribution in [0.4, 0.5) is 0 Å². The monoisotopic (exact) mass is 455 g/mol. The standard InChI is InChI=1S/C22H22BrN3OS/c23-18-12-10-17(11-13-18)21-24-25-22(28-20-9-5-4-8-19(20)27)26(21)15-14-16-6-2-1-3-7-16/h1-3,6-7,10-13,20H,4-5,8-9,14-15H2. The third-order valence-corrected chi connectivity index (χ3v) is 6.86. The number of hydrogen-bond acceptors (Lipinski definition) is 4. The molecule has 2 aromatic carbocycles. The lowest BCUT2D eigenvalue weighted by Gasteiger charge is -2.20. The van der Waals surface area contributed by atoms with Gasteiger partial charge in [0.15, 0.2) is 11.0 Å². The van der Waals surface area contributed by atoms with Gasteiger partial charge < -0.3 is 4.57 Å². The van der Waals surface area contributed by atoms with Crippen molar-refractivity contribution in [3.8, 4) is 11.4 Å². The number of carbonyl (C=O) groups is 1. The second kappa shape index (κ2) is 9.05. The van der Waals surface area contributed by atoms with Gasteiger partial charge in [0.2, 0.25) is 0 Å². The maximum Gasteiger partial charge on any atom is 0.192 e. The second-order valence-corrected chi connectivity index (χ2v) is 9.10. The molecule has 1 aromatic heterocycles. The number of halogens is 1. The summed E-state index contributed by atoms with van der Waals surface area (Å²) in [5.74, 6) is 1.20. The first-order valence-corrected chi connectivity index (χ1v) is 11.3. The van der Waals surface area contributed by atoms with Gasteiger partial charge in [0.05, 0.1) is 5.25 Å². The maximum atomic E-state index is 12.3. The van der Waals surface area contributed by atoms with Crippen LogP contribution in [0.3, 0.4) is 0 Å². The van der Waals surface area contributed by atoms with Gasteiger partial charge >= 0.3 is 0 Å². The molecule has 0 aliphatic heterocycles. The van der Waals surface area contributed by atoms with Crippen molar-refractivity contribution in [3.05, 3.63) is 64.6 Å². The van der Waals surface area contributed by atoms with Gasteiger partial charge in [-0.2, -0.15) is 0 Å². The Morgan fingerprint density at radius 3 is 2.57 bits per heavy atom. The zero-order valence-corrected chi connectivity index (χ0v) is 18.0. The van der Waals surface area contributed by atoms with Gasteiger partial charge in [0, 0.05) is 23.0 Å². The van der Waals surface area contributed by atoms with E-state index >= 15 is 0 Å². The summed E-state index contributed by atoms with van der Waals surface area (Å²) < 4.78 is 3.21. The SMILES string of the molecule is O=C1CCCCC1Sc1nnc(-c2ccc(Br)cc2)n1CCc1ccccc1. The molecule has 4 nitrogen and oxygen atoms in total. The highest BCUT2D eigenvalue weighted by molar-refractivity contribution is 9.10. The van der Waals surface area contributed by atoms with Gasteiger partial charge in [0.25, 0.3) is 0 Å². The zero-order chi connectivity index (χ0) is 19.3. The number of Topliss-reactive ketones (excluding diaryl/α,β-unsaturated/α-hetero) is 1. The van der Waals surface area contributed by atoms with Crippen LogP contribution in [-0.4, -0.2) is 25.8 Å². The predicted molar refractivity (Wildman–Crippen MR) is 116 cm³/mol. The quantitative estimate of drug-likeness (QED) is 0.488. The van der Waals surface area contributed by atoms with Crippen molar-refractivity contribution in [1.82, 2.24) is 14.8 Å². The number of ketones is 1. The summed E-state index contributed by atoms with van der Waals surface area (Å²) in [7, 11) is 0. The van der Waals surface area contributed by atoms with Crippen LogP contribution in [0.1, 0.15) is 31.2 Å². The van der Waals surface area contributed by atoms with Crippen molar-refractivity contribution >= 4 is 33.5 Å². The molecule has 0 spiro atoms. The number of aryl methyl sites for hydroxylation is 1. The van der Waals surface area contributed by atoms with E-state index in [2.05, 4.69) is 55.0 Å². The predicted octanol–water partition coefficient (Wildman–Crippen LogP) is 5.55. The van der Waals surface area contributed by atoms with Crippen LogP contribution in [0, 0.1) is 0 Å². The Balaban J connectivity index is 1.63. The van der Waals surface area contributed by atoms with Crippen LogP contribution in [0.25, 0.3) is 11.4 Å². The Kier molecular flexibility index (Phi) is 6.27. The molecular formula is C22H22BrN3OS. The first-order chi connectivity index (χ1) is 13.7. The first kappa shape index (κ1) is 19.4. The molecule has 0 amide bonds. The number of rotatable bonds is 6. The lowest BCUT2D eigenvalue weighted by Crippen LogP contribution is -2.22. The average molecular weight is 456 g/mol. The number of hydrogen-bond donors (Lipinski definition) is 0. The summed E-state index contributed by atoms with van der Waals surface area (Å²) in [4.78, 5) is 12.3. The van der Waals surface area contributed by atoms with Gasteiger partial charge in [-0.15, -0.1) is 10.2 Å². The van der Waals surface area contributed by atoms with Crippen molar-refractivity contribution in [2.75, 3.05) is 0 Å². The Bertz CT molecular complexity index is 940. The molecule has 144 valence electrons. The van der Waals surface area contributed by atoms with Crippen LogP contribution in [0.2, 0.25) is 0 Å². The summed E-state index contributed by atoms with van der Waals surface area (Å²) >= 11 is 5.07. The minimum atomic E-state index is 0.00573. The molecule has 0 bridgehead atoms. The zero-order valence-electron chi connectivity index (χ0n) is 15.6. The number of benzene rings is 2. The van der Waals surface area contributed by atoms with E-state index in [0.717, 1.165) is 53.2 Å². The van der Waals surface area contributed by atoms with Crippen LogP contribution in [-0.2, 0) is 17.8 Å². The third kappa shape index (κ3) is 4.55. The molecule has 3 aromatic rings. The van der Waals surface area contributed by atoms with Gasteiger partial charge in [-0.3, -0.25) is 4.79 Å². The van der Waals surface area contributed by atoms with E-state index in [9.17, 15) is 4.79 Å². The molecule has 0 radical (unpaired) electrons. The molecule has 0 N–H and O–H groups in total. The van der Waals surface area contributed by atoms with Gasteiger partial charge in [-0.25, -0.2) is 0 Å². The Labute approximate surface area is 177 Å². The minimum Gasteiger partial charge on any atom is -0.302 e. The summed E-state index contributed by atoms with van der Waals surface area (Å²) in [6, 6.07) is 18.6. The average Bonchev–Trinajstić information content (AvgIpc) is 3.12. The van der Waals surface area contributed by atoms with Crippen molar-refractivity contribution in [3.63, 3.8) is 0 Å². The highest BCUT2D eigenvalue weighted by Gasteiger charge is 2.26. The molecule has 1 unspecified atom stereocenters.